The number of nitrogens with zero attached hydrogens (tertiary/aromatic N) is 4. The van der Waals surface area contributed by atoms with E-state index in [1.165, 1.54) is 10.9 Å². The number of ether oxygens (including phenoxy) is 2. The highest BCUT2D eigenvalue weighted by molar-refractivity contribution is 6.28. The zero-order chi connectivity index (χ0) is 17.6. The quantitative estimate of drug-likeness (QED) is 0.654. The minimum atomic E-state index is -1.73. The van der Waals surface area contributed by atoms with Gasteiger partial charge in [-0.15, -0.1) is 0 Å². The third kappa shape index (κ3) is 2.93. The maximum Gasteiger partial charge on any atom is 0.226 e. The van der Waals surface area contributed by atoms with Gasteiger partial charge in [0.1, 0.15) is 12.2 Å². The molecule has 0 amide bonds. The molecular formula is C14H17ClFN5O4. The monoisotopic (exact) mass is 373 g/mol. The number of halogens is 2. The van der Waals surface area contributed by atoms with Gasteiger partial charge < -0.3 is 25.0 Å². The fourth-order valence-electron chi connectivity index (χ4n) is 3.10. The van der Waals surface area contributed by atoms with Crippen LogP contribution in [0.15, 0.2) is 6.33 Å². The Morgan fingerprint density at radius 1 is 1.44 bits per heavy atom. The predicted molar refractivity (Wildman–Crippen MR) is 85.1 cm³/mol. The average molecular weight is 374 g/mol. The molecule has 0 spiro atoms. The lowest BCUT2D eigenvalue weighted by Gasteiger charge is -2.16. The molecule has 0 aromatic carbocycles. The van der Waals surface area contributed by atoms with Crippen LogP contribution in [-0.4, -0.2) is 74.0 Å². The number of anilines is 1. The first-order valence-electron chi connectivity index (χ1n) is 7.91. The molecular weight excluding hydrogens is 357 g/mol. The largest absolute Gasteiger partial charge is 0.394 e. The van der Waals surface area contributed by atoms with Crippen molar-refractivity contribution < 1.29 is 24.1 Å². The number of aliphatic hydroxyl groups excluding tert-OH is 2. The summed E-state index contributed by atoms with van der Waals surface area (Å²) in [6, 6.07) is 0.0802. The van der Waals surface area contributed by atoms with Crippen molar-refractivity contribution in [1.29, 1.82) is 0 Å². The third-order valence-corrected chi connectivity index (χ3v) is 4.58. The average Bonchev–Trinajstić information content (AvgIpc) is 3.29. The number of imidazole rings is 1. The molecule has 4 heterocycles. The zero-order valence-electron chi connectivity index (χ0n) is 13.0. The molecule has 0 unspecified atom stereocenters. The Morgan fingerprint density at radius 2 is 2.28 bits per heavy atom. The highest BCUT2D eigenvalue weighted by Gasteiger charge is 2.45. The molecule has 25 heavy (non-hydrogen) atoms. The number of fused-ring (bicyclic) bond motifs is 1. The second-order valence-electron chi connectivity index (χ2n) is 6.05. The minimum Gasteiger partial charge on any atom is -0.394 e. The molecule has 11 heteroatoms. The van der Waals surface area contributed by atoms with Gasteiger partial charge in [0.2, 0.25) is 5.28 Å². The highest BCUT2D eigenvalue weighted by atomic mass is 35.5. The van der Waals surface area contributed by atoms with Gasteiger partial charge >= 0.3 is 0 Å². The van der Waals surface area contributed by atoms with Gasteiger partial charge in [-0.2, -0.15) is 9.97 Å². The fourth-order valence-corrected chi connectivity index (χ4v) is 3.26. The van der Waals surface area contributed by atoms with Crippen molar-refractivity contribution in [3.8, 4) is 0 Å². The van der Waals surface area contributed by atoms with Crippen LogP contribution in [0.25, 0.3) is 11.2 Å². The molecule has 0 saturated carbocycles. The Kier molecular flexibility index (Phi) is 4.46. The van der Waals surface area contributed by atoms with E-state index < -0.39 is 31.2 Å². The van der Waals surface area contributed by atoms with Crippen LogP contribution in [0.5, 0.6) is 0 Å². The molecule has 0 radical (unpaired) electrons. The fraction of sp³-hybridized carbons (Fsp3) is 0.643. The van der Waals surface area contributed by atoms with Crippen LogP contribution in [0.1, 0.15) is 12.6 Å². The van der Waals surface area contributed by atoms with Crippen molar-refractivity contribution in [1.82, 2.24) is 19.5 Å². The van der Waals surface area contributed by atoms with E-state index in [-0.39, 0.29) is 17.0 Å². The second kappa shape index (κ2) is 6.61. The Balaban J connectivity index is 1.70. The van der Waals surface area contributed by atoms with Crippen molar-refractivity contribution in [2.45, 2.75) is 37.1 Å². The summed E-state index contributed by atoms with van der Waals surface area (Å²) in [5.74, 6) is 0.428. The van der Waals surface area contributed by atoms with Gasteiger partial charge in [-0.3, -0.25) is 4.57 Å². The van der Waals surface area contributed by atoms with Crippen LogP contribution in [0.3, 0.4) is 0 Å². The number of nitrogens with one attached hydrogen (secondary N) is 1. The van der Waals surface area contributed by atoms with E-state index in [4.69, 9.17) is 21.1 Å². The van der Waals surface area contributed by atoms with Crippen molar-refractivity contribution in [2.75, 3.05) is 25.1 Å². The van der Waals surface area contributed by atoms with Crippen LogP contribution in [0.4, 0.5) is 10.2 Å². The zero-order valence-corrected chi connectivity index (χ0v) is 13.8. The molecule has 2 aliphatic heterocycles. The van der Waals surface area contributed by atoms with Crippen molar-refractivity contribution in [3.63, 3.8) is 0 Å². The molecule has 0 bridgehead atoms. The summed E-state index contributed by atoms with van der Waals surface area (Å²) in [5, 5.41) is 22.2. The molecule has 136 valence electrons. The smallest absolute Gasteiger partial charge is 0.226 e. The van der Waals surface area contributed by atoms with Gasteiger partial charge in [0.05, 0.1) is 25.6 Å². The van der Waals surface area contributed by atoms with Gasteiger partial charge in [-0.05, 0) is 18.0 Å². The van der Waals surface area contributed by atoms with E-state index >= 15 is 0 Å². The minimum absolute atomic E-state index is 0.0247. The maximum absolute atomic E-state index is 14.4. The Bertz CT molecular complexity index is 771. The van der Waals surface area contributed by atoms with E-state index in [1.807, 2.05) is 0 Å². The van der Waals surface area contributed by atoms with Crippen molar-refractivity contribution >= 4 is 28.6 Å². The molecule has 2 aromatic heterocycles. The topological polar surface area (TPSA) is 115 Å². The lowest BCUT2D eigenvalue weighted by molar-refractivity contribution is -0.0459. The predicted octanol–water partition coefficient (Wildman–Crippen LogP) is 0.269. The molecule has 9 nitrogen and oxygen atoms in total. The number of hydrogen-bond donors (Lipinski definition) is 3. The molecule has 2 fully saturated rings. The molecule has 4 rings (SSSR count). The Hall–Kier alpha value is -1.59. The molecule has 5 atom stereocenters. The Morgan fingerprint density at radius 3 is 2.96 bits per heavy atom. The summed E-state index contributed by atoms with van der Waals surface area (Å²) >= 11 is 6.01. The van der Waals surface area contributed by atoms with Crippen LogP contribution in [-0.2, 0) is 9.47 Å². The second-order valence-corrected chi connectivity index (χ2v) is 6.39. The normalized spacial score (nSPS) is 32.6. The van der Waals surface area contributed by atoms with Gasteiger partial charge in [-0.25, -0.2) is 9.37 Å². The van der Waals surface area contributed by atoms with E-state index in [0.29, 0.717) is 24.5 Å². The lowest BCUT2D eigenvalue weighted by atomic mass is 10.1. The van der Waals surface area contributed by atoms with E-state index in [0.717, 1.165) is 6.42 Å². The summed E-state index contributed by atoms with van der Waals surface area (Å²) in [5.41, 5.74) is 0.689. The number of aliphatic hydroxyl groups is 2. The third-order valence-electron chi connectivity index (χ3n) is 4.41. The summed E-state index contributed by atoms with van der Waals surface area (Å²) < 4.78 is 26.5. The molecule has 2 aliphatic rings. The van der Waals surface area contributed by atoms with E-state index in [9.17, 15) is 14.6 Å². The first kappa shape index (κ1) is 16.9. The van der Waals surface area contributed by atoms with E-state index in [2.05, 4.69) is 20.3 Å². The number of aromatic nitrogens is 4. The van der Waals surface area contributed by atoms with Crippen molar-refractivity contribution in [2.24, 2.45) is 0 Å². The van der Waals surface area contributed by atoms with Gasteiger partial charge in [-0.1, -0.05) is 0 Å². The maximum atomic E-state index is 14.4. The first-order chi connectivity index (χ1) is 12.1. The van der Waals surface area contributed by atoms with Gasteiger partial charge in [0.25, 0.3) is 0 Å². The van der Waals surface area contributed by atoms with Crippen LogP contribution in [0, 0.1) is 0 Å². The van der Waals surface area contributed by atoms with E-state index in [1.54, 1.807) is 0 Å². The number of rotatable bonds is 4. The van der Waals surface area contributed by atoms with Crippen molar-refractivity contribution in [3.05, 3.63) is 11.6 Å². The van der Waals surface area contributed by atoms with Gasteiger partial charge in [0, 0.05) is 6.61 Å². The standard InChI is InChI=1S/C14H17ClFN5O4/c15-14-19-11(18-6-1-2-24-4-6)9-12(20-14)21(5-17-9)13-8(16)10(23)7(3-22)25-13/h5-8,10,13,22-23H,1-4H2,(H,18,19,20)/t6-,7-,8+,10-,13-/m1/s1. The summed E-state index contributed by atoms with van der Waals surface area (Å²) in [6.07, 6.45) is -3.16. The first-order valence-corrected chi connectivity index (χ1v) is 8.29. The van der Waals surface area contributed by atoms with Crippen LogP contribution < -0.4 is 5.32 Å². The molecule has 2 saturated heterocycles. The number of alkyl halides is 1. The summed E-state index contributed by atoms with van der Waals surface area (Å²) in [7, 11) is 0. The number of hydrogen-bond acceptors (Lipinski definition) is 8. The summed E-state index contributed by atoms with van der Waals surface area (Å²) in [6.45, 7) is 0.718. The molecule has 2 aromatic rings. The Labute approximate surface area is 146 Å². The van der Waals surface area contributed by atoms with Gasteiger partial charge in [0.15, 0.2) is 29.4 Å². The lowest BCUT2D eigenvalue weighted by Crippen LogP contribution is -2.30. The SMILES string of the molecule is OC[C@H]1O[C@@H](n2cnc3c(N[C@@H]4CCOC4)nc(Cl)nc32)[C@@H](F)[C@@H]1O. The van der Waals surface area contributed by atoms with Crippen LogP contribution in [0.2, 0.25) is 5.28 Å². The van der Waals surface area contributed by atoms with Crippen LogP contribution >= 0.6 is 11.6 Å². The molecule has 3 N–H and O–H groups in total. The highest BCUT2D eigenvalue weighted by Crippen LogP contribution is 2.34. The molecule has 0 aliphatic carbocycles. The summed E-state index contributed by atoms with van der Waals surface area (Å²) in [4.78, 5) is 12.5.